The van der Waals surface area contributed by atoms with Crippen LogP contribution in [-0.4, -0.2) is 35.7 Å². The van der Waals surface area contributed by atoms with Gasteiger partial charge in [0.15, 0.2) is 0 Å². The molecule has 0 radical (unpaired) electrons. The Morgan fingerprint density at radius 2 is 1.94 bits per heavy atom. The lowest BCUT2D eigenvalue weighted by atomic mass is 9.95. The lowest BCUT2D eigenvalue weighted by molar-refractivity contribution is 0.00953. The molecule has 0 bridgehead atoms. The van der Waals surface area contributed by atoms with E-state index in [1.165, 1.54) is 13.3 Å². The molecule has 0 amide bonds. The topological polar surface area (TPSA) is 110 Å². The van der Waals surface area contributed by atoms with Gasteiger partial charge >= 0.3 is 11.9 Å². The first kappa shape index (κ1) is 22.3. The number of ether oxygens (including phenoxy) is 2. The van der Waals surface area contributed by atoms with Crippen molar-refractivity contribution in [3.05, 3.63) is 83.0 Å². The van der Waals surface area contributed by atoms with Crippen LogP contribution < -0.4 is 10.6 Å². The Labute approximate surface area is 191 Å². The van der Waals surface area contributed by atoms with Gasteiger partial charge in [0.05, 0.1) is 31.0 Å². The molecule has 8 heteroatoms. The summed E-state index contributed by atoms with van der Waals surface area (Å²) in [5.74, 6) is -0.418. The molecule has 4 rings (SSSR count). The molecule has 0 saturated carbocycles. The number of carbonyl (C=O) groups is 2. The number of carbonyl (C=O) groups excluding carboxylic acids is 2. The highest BCUT2D eigenvalue weighted by Gasteiger charge is 2.37. The summed E-state index contributed by atoms with van der Waals surface area (Å²) in [4.78, 5) is 28.7. The first-order valence-corrected chi connectivity index (χ1v) is 10.5. The van der Waals surface area contributed by atoms with Gasteiger partial charge in [0.25, 0.3) is 0 Å². The molecule has 0 aliphatic carbocycles. The number of hydrogen-bond donors (Lipinski definition) is 3. The molecule has 170 valence electrons. The molecule has 2 aromatic carbocycles. The van der Waals surface area contributed by atoms with Crippen LogP contribution in [0.1, 0.15) is 51.7 Å². The van der Waals surface area contributed by atoms with Crippen LogP contribution in [0.25, 0.3) is 0 Å². The van der Waals surface area contributed by atoms with E-state index in [4.69, 9.17) is 9.47 Å². The van der Waals surface area contributed by atoms with Crippen molar-refractivity contribution in [2.45, 2.75) is 25.5 Å². The van der Waals surface area contributed by atoms with Crippen molar-refractivity contribution in [3.63, 3.8) is 0 Å². The van der Waals surface area contributed by atoms with E-state index >= 15 is 0 Å². The molecule has 1 unspecified atom stereocenters. The molecule has 8 nitrogen and oxygen atoms in total. The Hall–Kier alpha value is -3.91. The number of esters is 2. The number of rotatable bonds is 7. The molecule has 1 aromatic heterocycles. The first-order chi connectivity index (χ1) is 15.8. The molecule has 3 aromatic rings. The number of nitrogens with one attached hydrogen (secondary N) is 2. The van der Waals surface area contributed by atoms with Crippen LogP contribution in [0.4, 0.5) is 17.2 Å². The largest absolute Gasteiger partial charge is 0.465 e. The van der Waals surface area contributed by atoms with Gasteiger partial charge in [-0.25, -0.2) is 14.6 Å². The zero-order valence-electron chi connectivity index (χ0n) is 18.6. The average Bonchev–Trinajstić information content (AvgIpc) is 3.05. The summed E-state index contributed by atoms with van der Waals surface area (Å²) in [6.45, 7) is 3.50. The van der Waals surface area contributed by atoms with E-state index in [0.29, 0.717) is 22.8 Å². The van der Waals surface area contributed by atoms with Crippen molar-refractivity contribution in [1.82, 2.24) is 4.98 Å². The normalized spacial score (nSPS) is 14.7. The van der Waals surface area contributed by atoms with E-state index in [-0.39, 0.29) is 18.1 Å². The Bertz CT molecular complexity index is 1190. The molecule has 1 aliphatic heterocycles. The fourth-order valence-electron chi connectivity index (χ4n) is 3.81. The number of anilines is 3. The number of aromatic nitrogens is 1. The quantitative estimate of drug-likeness (QED) is 0.463. The maximum Gasteiger partial charge on any atom is 0.341 e. The van der Waals surface area contributed by atoms with E-state index in [9.17, 15) is 14.7 Å². The van der Waals surface area contributed by atoms with E-state index in [2.05, 4.69) is 15.6 Å². The minimum Gasteiger partial charge on any atom is -0.465 e. The van der Waals surface area contributed by atoms with Crippen LogP contribution in [0.3, 0.4) is 0 Å². The molecule has 33 heavy (non-hydrogen) atoms. The van der Waals surface area contributed by atoms with Crippen molar-refractivity contribution < 1.29 is 24.2 Å². The molecule has 1 atom stereocenters. The highest BCUT2D eigenvalue weighted by atomic mass is 16.6. The van der Waals surface area contributed by atoms with E-state index in [0.717, 1.165) is 11.1 Å². The number of benzene rings is 2. The monoisotopic (exact) mass is 447 g/mol. The molecule has 3 N–H and O–H groups in total. The molecular weight excluding hydrogens is 422 g/mol. The SMILES string of the molecule is COC(=O)c1cnc(Nc2ccc3c(c2)C(C)(C)OC3=O)cc1NC(CO)c1ccccc1. The molecule has 0 fully saturated rings. The van der Waals surface area contributed by atoms with E-state index < -0.39 is 17.6 Å². The van der Waals surface area contributed by atoms with E-state index in [1.807, 2.05) is 50.2 Å². The smallest absolute Gasteiger partial charge is 0.341 e. The number of cyclic esters (lactones) is 1. The fourth-order valence-corrected chi connectivity index (χ4v) is 3.81. The number of fused-ring (bicyclic) bond motifs is 1. The average molecular weight is 447 g/mol. The number of hydrogen-bond acceptors (Lipinski definition) is 8. The van der Waals surface area contributed by atoms with Crippen LogP contribution in [0.15, 0.2) is 60.8 Å². The second kappa shape index (κ2) is 8.91. The van der Waals surface area contributed by atoms with Crippen molar-refractivity contribution in [1.29, 1.82) is 0 Å². The van der Waals surface area contributed by atoms with Crippen molar-refractivity contribution in [3.8, 4) is 0 Å². The summed E-state index contributed by atoms with van der Waals surface area (Å²) in [5, 5.41) is 16.4. The second-order valence-corrected chi connectivity index (χ2v) is 8.18. The highest BCUT2D eigenvalue weighted by molar-refractivity contribution is 5.96. The van der Waals surface area contributed by atoms with Gasteiger partial charge in [-0.1, -0.05) is 30.3 Å². The van der Waals surface area contributed by atoms with Crippen molar-refractivity contribution >= 4 is 29.1 Å². The summed E-state index contributed by atoms with van der Waals surface area (Å²) in [7, 11) is 1.30. The predicted octanol–water partition coefficient (Wildman–Crippen LogP) is 4.16. The lowest BCUT2D eigenvalue weighted by Gasteiger charge is -2.21. The number of pyridine rings is 1. The highest BCUT2D eigenvalue weighted by Crippen LogP contribution is 2.37. The van der Waals surface area contributed by atoms with Gasteiger partial charge in [-0.2, -0.15) is 0 Å². The number of aliphatic hydroxyl groups is 1. The Balaban J connectivity index is 1.65. The third-order valence-electron chi connectivity index (χ3n) is 5.53. The minimum atomic E-state index is -0.719. The minimum absolute atomic E-state index is 0.177. The summed E-state index contributed by atoms with van der Waals surface area (Å²) < 4.78 is 10.3. The van der Waals surface area contributed by atoms with Gasteiger partial charge in [0.2, 0.25) is 0 Å². The Kier molecular flexibility index (Phi) is 6.02. The van der Waals surface area contributed by atoms with Crippen LogP contribution in [0, 0.1) is 0 Å². The van der Waals surface area contributed by atoms with Gasteiger partial charge in [-0.15, -0.1) is 0 Å². The van der Waals surface area contributed by atoms with Crippen LogP contribution in [0.2, 0.25) is 0 Å². The summed E-state index contributed by atoms with van der Waals surface area (Å²) in [6.07, 6.45) is 1.42. The first-order valence-electron chi connectivity index (χ1n) is 10.5. The third kappa shape index (κ3) is 4.51. The lowest BCUT2D eigenvalue weighted by Crippen LogP contribution is -2.18. The molecule has 1 aliphatic rings. The summed E-state index contributed by atoms with van der Waals surface area (Å²) in [5.41, 5.74) is 2.89. The second-order valence-electron chi connectivity index (χ2n) is 8.18. The predicted molar refractivity (Wildman–Crippen MR) is 124 cm³/mol. The number of methoxy groups -OCH3 is 1. The molecular formula is C25H25N3O5. The van der Waals surface area contributed by atoms with Gasteiger partial charge < -0.3 is 25.2 Å². The third-order valence-corrected chi connectivity index (χ3v) is 5.53. The summed E-state index contributed by atoms with van der Waals surface area (Å²) >= 11 is 0. The van der Waals surface area contributed by atoms with Crippen LogP contribution in [0.5, 0.6) is 0 Å². The summed E-state index contributed by atoms with van der Waals surface area (Å²) in [6, 6.07) is 16.0. The van der Waals surface area contributed by atoms with Crippen LogP contribution >= 0.6 is 0 Å². The Morgan fingerprint density at radius 1 is 1.18 bits per heavy atom. The Morgan fingerprint density at radius 3 is 2.64 bits per heavy atom. The zero-order valence-corrected chi connectivity index (χ0v) is 18.6. The molecule has 0 spiro atoms. The molecule has 2 heterocycles. The number of aliphatic hydroxyl groups excluding tert-OH is 1. The van der Waals surface area contributed by atoms with Crippen molar-refractivity contribution in [2.24, 2.45) is 0 Å². The standard InChI is InChI=1S/C25H25N3O5/c1-25(2)19-11-16(9-10-17(19)24(31)33-25)27-22-12-20(18(13-26-22)23(30)32-3)28-21(14-29)15-7-5-4-6-8-15/h4-13,21,29H,14H2,1-3H3,(H2,26,27,28). The fraction of sp³-hybridized carbons (Fsp3) is 0.240. The van der Waals surface area contributed by atoms with Crippen LogP contribution in [-0.2, 0) is 15.1 Å². The van der Waals surface area contributed by atoms with Gasteiger partial charge in [-0.05, 0) is 37.6 Å². The molecule has 0 saturated heterocycles. The van der Waals surface area contributed by atoms with Gasteiger partial charge in [-0.3, -0.25) is 0 Å². The van der Waals surface area contributed by atoms with Gasteiger partial charge in [0, 0.05) is 23.5 Å². The maximum absolute atomic E-state index is 12.3. The zero-order chi connectivity index (χ0) is 23.6. The number of nitrogens with zero attached hydrogens (tertiary/aromatic N) is 1. The van der Waals surface area contributed by atoms with Gasteiger partial charge in [0.1, 0.15) is 17.0 Å². The van der Waals surface area contributed by atoms with Crippen molar-refractivity contribution in [2.75, 3.05) is 24.4 Å². The van der Waals surface area contributed by atoms with E-state index in [1.54, 1.807) is 18.2 Å². The maximum atomic E-state index is 12.3.